The lowest BCUT2D eigenvalue weighted by molar-refractivity contribution is 0.104. The van der Waals surface area contributed by atoms with Gasteiger partial charge in [0.05, 0.1) is 0 Å². The highest BCUT2D eigenvalue weighted by Crippen LogP contribution is 2.15. The average molecular weight is 210 g/mol. The van der Waals surface area contributed by atoms with Crippen LogP contribution in [-0.4, -0.2) is 35.4 Å². The molecule has 0 amide bonds. The van der Waals surface area contributed by atoms with Crippen molar-refractivity contribution in [2.24, 2.45) is 0 Å². The smallest absolute Gasteiger partial charge is 0.377 e. The molecule has 12 heavy (non-hydrogen) atoms. The highest BCUT2D eigenvalue weighted by molar-refractivity contribution is 7.80. The molecule has 74 valence electrons. The van der Waals surface area contributed by atoms with Crippen molar-refractivity contribution >= 4 is 21.4 Å². The first-order valence-electron chi connectivity index (χ1n) is 4.09. The molecular weight excluding hydrogens is 192 g/mol. The molecule has 0 atom stereocenters. The number of rotatable bonds is 7. The zero-order chi connectivity index (χ0) is 9.45. The minimum Gasteiger partial charge on any atom is -0.377 e. The van der Waals surface area contributed by atoms with Gasteiger partial charge in [-0.05, 0) is 19.1 Å². The fourth-order valence-corrected chi connectivity index (χ4v) is 3.45. The standard InChI is InChI=1S/C7H18O3SSi/c1-4-10-12(8-2,9-3)7-5-6-11/h11H,4-7H2,1-3H3. The van der Waals surface area contributed by atoms with Crippen LogP contribution in [0, 0.1) is 0 Å². The van der Waals surface area contributed by atoms with E-state index in [0.717, 1.165) is 18.2 Å². The first-order valence-corrected chi connectivity index (χ1v) is 6.66. The van der Waals surface area contributed by atoms with Gasteiger partial charge in [0.25, 0.3) is 0 Å². The Morgan fingerprint density at radius 2 is 1.83 bits per heavy atom. The number of hydrogen-bond acceptors (Lipinski definition) is 4. The van der Waals surface area contributed by atoms with Gasteiger partial charge in [-0.25, -0.2) is 0 Å². The van der Waals surface area contributed by atoms with E-state index in [1.165, 1.54) is 0 Å². The van der Waals surface area contributed by atoms with Crippen LogP contribution in [0.3, 0.4) is 0 Å². The lowest BCUT2D eigenvalue weighted by Gasteiger charge is -2.25. The molecule has 0 aliphatic heterocycles. The summed E-state index contributed by atoms with van der Waals surface area (Å²) in [5.74, 6) is 0.842. The first-order chi connectivity index (χ1) is 5.74. The topological polar surface area (TPSA) is 27.7 Å². The summed E-state index contributed by atoms with van der Waals surface area (Å²) in [5, 5.41) is 0. The fraction of sp³-hybridized carbons (Fsp3) is 1.00. The maximum atomic E-state index is 5.49. The summed E-state index contributed by atoms with van der Waals surface area (Å²) < 4.78 is 16.1. The van der Waals surface area contributed by atoms with E-state index in [1.807, 2.05) is 6.92 Å². The minimum absolute atomic E-state index is 0.639. The average Bonchev–Trinajstić information content (AvgIpc) is 2.13. The largest absolute Gasteiger partial charge is 0.500 e. The van der Waals surface area contributed by atoms with Crippen LogP contribution in [-0.2, 0) is 13.3 Å². The predicted molar refractivity (Wildman–Crippen MR) is 54.7 cm³/mol. The molecule has 0 unspecified atom stereocenters. The Morgan fingerprint density at radius 3 is 2.17 bits per heavy atom. The molecular formula is C7H18O3SSi. The van der Waals surface area contributed by atoms with Gasteiger partial charge in [-0.2, -0.15) is 12.6 Å². The van der Waals surface area contributed by atoms with Crippen LogP contribution in [0.1, 0.15) is 13.3 Å². The van der Waals surface area contributed by atoms with E-state index < -0.39 is 8.80 Å². The third kappa shape index (κ3) is 3.91. The van der Waals surface area contributed by atoms with Crippen LogP contribution in [0.15, 0.2) is 0 Å². The predicted octanol–water partition coefficient (Wildman–Crippen LogP) is 1.57. The summed E-state index contributed by atoms with van der Waals surface area (Å²) in [6.07, 6.45) is 0.969. The van der Waals surface area contributed by atoms with Crippen molar-refractivity contribution in [2.75, 3.05) is 26.6 Å². The van der Waals surface area contributed by atoms with E-state index in [0.29, 0.717) is 6.61 Å². The zero-order valence-corrected chi connectivity index (χ0v) is 9.89. The maximum Gasteiger partial charge on any atom is 0.500 e. The van der Waals surface area contributed by atoms with E-state index in [4.69, 9.17) is 13.3 Å². The second kappa shape index (κ2) is 6.91. The molecule has 0 heterocycles. The molecule has 0 radical (unpaired) electrons. The number of thiol groups is 1. The Hall–Kier alpha value is 0.447. The van der Waals surface area contributed by atoms with Crippen molar-refractivity contribution < 1.29 is 13.3 Å². The monoisotopic (exact) mass is 210 g/mol. The summed E-state index contributed by atoms with van der Waals surface area (Å²) in [6, 6.07) is 0.845. The minimum atomic E-state index is -2.31. The Balaban J connectivity index is 3.95. The molecule has 3 nitrogen and oxygen atoms in total. The molecule has 0 N–H and O–H groups in total. The van der Waals surface area contributed by atoms with Gasteiger partial charge >= 0.3 is 8.80 Å². The summed E-state index contributed by atoms with van der Waals surface area (Å²) in [6.45, 7) is 2.58. The molecule has 0 aliphatic rings. The lowest BCUT2D eigenvalue weighted by Crippen LogP contribution is -2.43. The molecule has 0 aromatic rings. The van der Waals surface area contributed by atoms with E-state index in [1.54, 1.807) is 14.2 Å². The van der Waals surface area contributed by atoms with Crippen LogP contribution in [0.25, 0.3) is 0 Å². The normalized spacial score (nSPS) is 12.0. The van der Waals surface area contributed by atoms with Crippen LogP contribution < -0.4 is 0 Å². The molecule has 0 saturated carbocycles. The quantitative estimate of drug-likeness (QED) is 0.511. The van der Waals surface area contributed by atoms with Crippen molar-refractivity contribution in [1.29, 1.82) is 0 Å². The highest BCUT2D eigenvalue weighted by atomic mass is 32.1. The van der Waals surface area contributed by atoms with Crippen molar-refractivity contribution in [3.8, 4) is 0 Å². The van der Waals surface area contributed by atoms with Gasteiger partial charge < -0.3 is 13.3 Å². The van der Waals surface area contributed by atoms with E-state index in [2.05, 4.69) is 12.6 Å². The van der Waals surface area contributed by atoms with Gasteiger partial charge in [0, 0.05) is 26.9 Å². The molecule has 0 rings (SSSR count). The van der Waals surface area contributed by atoms with E-state index >= 15 is 0 Å². The van der Waals surface area contributed by atoms with Crippen LogP contribution in [0.4, 0.5) is 0 Å². The van der Waals surface area contributed by atoms with Gasteiger partial charge in [0.1, 0.15) is 0 Å². The van der Waals surface area contributed by atoms with E-state index in [-0.39, 0.29) is 0 Å². The molecule has 0 saturated heterocycles. The van der Waals surface area contributed by atoms with Gasteiger partial charge in [-0.3, -0.25) is 0 Å². The molecule has 0 spiro atoms. The van der Waals surface area contributed by atoms with Crippen molar-refractivity contribution in [3.63, 3.8) is 0 Å². The second-order valence-corrected chi connectivity index (χ2v) is 5.77. The Bertz CT molecular complexity index is 109. The SMILES string of the molecule is CCO[Si](CCCS)(OC)OC. The van der Waals surface area contributed by atoms with Gasteiger partial charge in [0.2, 0.25) is 0 Å². The summed E-state index contributed by atoms with van der Waals surface area (Å²) >= 11 is 4.13. The van der Waals surface area contributed by atoms with Gasteiger partial charge in [-0.1, -0.05) is 0 Å². The molecule has 0 aromatic heterocycles. The Kier molecular flexibility index (Phi) is 7.17. The Morgan fingerprint density at radius 1 is 1.25 bits per heavy atom. The molecule has 5 heteroatoms. The zero-order valence-electron chi connectivity index (χ0n) is 8.00. The first kappa shape index (κ1) is 12.4. The summed E-state index contributed by atoms with van der Waals surface area (Å²) in [7, 11) is 0.972. The van der Waals surface area contributed by atoms with Gasteiger partial charge in [-0.15, -0.1) is 0 Å². The fourth-order valence-electron chi connectivity index (χ4n) is 0.993. The van der Waals surface area contributed by atoms with E-state index in [9.17, 15) is 0 Å². The second-order valence-electron chi connectivity index (χ2n) is 2.35. The van der Waals surface area contributed by atoms with Gasteiger partial charge in [0.15, 0.2) is 0 Å². The summed E-state index contributed by atoms with van der Waals surface area (Å²) in [4.78, 5) is 0. The molecule has 0 aliphatic carbocycles. The number of hydrogen-bond donors (Lipinski definition) is 1. The Labute approximate surface area is 81.2 Å². The van der Waals surface area contributed by atoms with Crippen LogP contribution >= 0.6 is 12.6 Å². The van der Waals surface area contributed by atoms with Crippen LogP contribution in [0.5, 0.6) is 0 Å². The maximum absolute atomic E-state index is 5.49. The highest BCUT2D eigenvalue weighted by Gasteiger charge is 2.37. The van der Waals surface area contributed by atoms with Crippen molar-refractivity contribution in [1.82, 2.24) is 0 Å². The molecule has 0 aromatic carbocycles. The third-order valence-electron chi connectivity index (χ3n) is 1.63. The third-order valence-corrected chi connectivity index (χ3v) is 4.88. The van der Waals surface area contributed by atoms with Crippen molar-refractivity contribution in [2.45, 2.75) is 19.4 Å². The summed E-state index contributed by atoms with van der Waals surface area (Å²) in [5.41, 5.74) is 0. The molecule has 0 fully saturated rings. The van der Waals surface area contributed by atoms with Crippen LogP contribution in [0.2, 0.25) is 6.04 Å². The van der Waals surface area contributed by atoms with Crippen molar-refractivity contribution in [3.05, 3.63) is 0 Å². The lowest BCUT2D eigenvalue weighted by atomic mass is 10.6. The molecule has 0 bridgehead atoms.